The van der Waals surface area contributed by atoms with Gasteiger partial charge in [-0.3, -0.25) is 4.68 Å². The van der Waals surface area contributed by atoms with Gasteiger partial charge in [-0.05, 0) is 22.9 Å². The van der Waals surface area contributed by atoms with Crippen molar-refractivity contribution in [2.45, 2.75) is 0 Å². The fourth-order valence-corrected chi connectivity index (χ4v) is 2.96. The smallest absolute Gasteiger partial charge is 0.0703 e. The van der Waals surface area contributed by atoms with E-state index in [1.807, 2.05) is 18.2 Å². The topological polar surface area (TPSA) is 30.9 Å². The number of benzene rings is 3. The van der Waals surface area contributed by atoms with Gasteiger partial charge in [-0.25, -0.2) is 0 Å². The van der Waals surface area contributed by atoms with E-state index in [1.54, 1.807) is 4.68 Å². The number of hydrogen-bond donors (Lipinski definition) is 1. The normalized spacial score (nSPS) is 10.9. The van der Waals surface area contributed by atoms with E-state index in [0.717, 1.165) is 22.5 Å². The third-order valence-corrected chi connectivity index (χ3v) is 4.05. The number of nitrogens with two attached hydrogens (primary N) is 1. The van der Waals surface area contributed by atoms with E-state index in [4.69, 9.17) is 5.84 Å². The Bertz CT molecular complexity index is 931. The fourth-order valence-electron chi connectivity index (χ4n) is 2.96. The lowest BCUT2D eigenvalue weighted by atomic mass is 10.0. The average Bonchev–Trinajstić information content (AvgIpc) is 2.96. The molecule has 0 atom stereocenters. The molecule has 106 valence electrons. The van der Waals surface area contributed by atoms with Crippen LogP contribution in [0.1, 0.15) is 0 Å². The molecule has 0 aliphatic heterocycles. The van der Waals surface area contributed by atoms with Crippen LogP contribution in [0.15, 0.2) is 84.9 Å². The molecule has 0 unspecified atom stereocenters. The van der Waals surface area contributed by atoms with Crippen molar-refractivity contribution in [3.05, 3.63) is 84.9 Å². The highest BCUT2D eigenvalue weighted by Crippen LogP contribution is 2.31. The summed E-state index contributed by atoms with van der Waals surface area (Å²) in [7, 11) is 0. The van der Waals surface area contributed by atoms with Crippen LogP contribution in [0.25, 0.3) is 33.3 Å². The van der Waals surface area contributed by atoms with E-state index in [-0.39, 0.29) is 0 Å². The zero-order valence-electron chi connectivity index (χ0n) is 12.1. The average molecular weight is 284 g/mol. The standard InChI is InChI=1S/C20H16N2/c21-22-19(16-8-2-1-3-9-16)13-14-20(22)18-12-6-10-15-7-4-5-11-17(15)18/h1-14H,21H2. The van der Waals surface area contributed by atoms with Gasteiger partial charge >= 0.3 is 0 Å². The molecule has 1 heterocycles. The van der Waals surface area contributed by atoms with Crippen molar-refractivity contribution < 1.29 is 0 Å². The molecular formula is C20H16N2. The van der Waals surface area contributed by atoms with Crippen LogP contribution in [0, 0.1) is 0 Å². The summed E-state index contributed by atoms with van der Waals surface area (Å²) in [6, 6.07) is 29.1. The van der Waals surface area contributed by atoms with Crippen molar-refractivity contribution >= 4 is 10.8 Å². The second-order valence-electron chi connectivity index (χ2n) is 5.37. The van der Waals surface area contributed by atoms with Gasteiger partial charge in [0.05, 0.1) is 11.4 Å². The molecule has 0 bridgehead atoms. The van der Waals surface area contributed by atoms with Gasteiger partial charge in [0.25, 0.3) is 0 Å². The molecule has 0 radical (unpaired) electrons. The molecule has 0 saturated heterocycles. The molecule has 0 amide bonds. The molecule has 0 spiro atoms. The molecule has 2 heteroatoms. The molecule has 2 nitrogen and oxygen atoms in total. The minimum Gasteiger partial charge on any atom is -0.339 e. The van der Waals surface area contributed by atoms with Gasteiger partial charge in [-0.15, -0.1) is 0 Å². The van der Waals surface area contributed by atoms with Crippen molar-refractivity contribution in [3.63, 3.8) is 0 Å². The molecule has 0 fully saturated rings. The third kappa shape index (κ3) is 1.97. The predicted octanol–water partition coefficient (Wildman–Crippen LogP) is 4.69. The van der Waals surface area contributed by atoms with E-state index in [9.17, 15) is 0 Å². The van der Waals surface area contributed by atoms with E-state index in [1.165, 1.54) is 10.8 Å². The molecular weight excluding hydrogens is 268 g/mol. The highest BCUT2D eigenvalue weighted by atomic mass is 15.3. The first-order valence-electron chi connectivity index (χ1n) is 7.35. The predicted molar refractivity (Wildman–Crippen MR) is 93.0 cm³/mol. The maximum atomic E-state index is 6.38. The number of hydrogen-bond acceptors (Lipinski definition) is 1. The molecule has 22 heavy (non-hydrogen) atoms. The maximum Gasteiger partial charge on any atom is 0.0703 e. The van der Waals surface area contributed by atoms with Gasteiger partial charge < -0.3 is 5.84 Å². The van der Waals surface area contributed by atoms with Crippen LogP contribution in [-0.4, -0.2) is 4.68 Å². The molecule has 0 saturated carbocycles. The first kappa shape index (κ1) is 12.7. The van der Waals surface area contributed by atoms with Crippen molar-refractivity contribution in [3.8, 4) is 22.5 Å². The number of nitrogen functional groups attached to an aromatic ring is 1. The van der Waals surface area contributed by atoms with E-state index >= 15 is 0 Å². The van der Waals surface area contributed by atoms with Crippen LogP contribution in [-0.2, 0) is 0 Å². The lowest BCUT2D eigenvalue weighted by molar-refractivity contribution is 1.04. The third-order valence-electron chi connectivity index (χ3n) is 4.05. The Hall–Kier alpha value is -3.00. The minimum atomic E-state index is 1.02. The first-order valence-corrected chi connectivity index (χ1v) is 7.35. The summed E-state index contributed by atoms with van der Waals surface area (Å²) in [5.41, 5.74) is 4.32. The van der Waals surface area contributed by atoms with Crippen molar-refractivity contribution in [1.82, 2.24) is 4.68 Å². The number of aromatic nitrogens is 1. The van der Waals surface area contributed by atoms with Crippen LogP contribution in [0.5, 0.6) is 0 Å². The highest BCUT2D eigenvalue weighted by molar-refractivity contribution is 5.96. The Morgan fingerprint density at radius 2 is 1.27 bits per heavy atom. The zero-order valence-corrected chi connectivity index (χ0v) is 12.1. The van der Waals surface area contributed by atoms with Gasteiger partial charge in [0.2, 0.25) is 0 Å². The van der Waals surface area contributed by atoms with Crippen LogP contribution in [0.4, 0.5) is 0 Å². The SMILES string of the molecule is Nn1c(-c2ccccc2)ccc1-c1cccc2ccccc12. The molecule has 2 N–H and O–H groups in total. The van der Waals surface area contributed by atoms with Crippen LogP contribution >= 0.6 is 0 Å². The summed E-state index contributed by atoms with van der Waals surface area (Å²) >= 11 is 0. The Labute approximate surface area is 129 Å². The number of nitrogens with zero attached hydrogens (tertiary/aromatic N) is 1. The molecule has 0 aliphatic rings. The van der Waals surface area contributed by atoms with Crippen molar-refractivity contribution in [2.75, 3.05) is 5.84 Å². The highest BCUT2D eigenvalue weighted by Gasteiger charge is 2.11. The second-order valence-corrected chi connectivity index (χ2v) is 5.37. The van der Waals surface area contributed by atoms with E-state index < -0.39 is 0 Å². The second kappa shape index (κ2) is 5.08. The van der Waals surface area contributed by atoms with Gasteiger partial charge in [0.15, 0.2) is 0 Å². The Balaban J connectivity index is 1.92. The molecule has 3 aromatic carbocycles. The van der Waals surface area contributed by atoms with Crippen molar-refractivity contribution in [1.29, 1.82) is 0 Å². The van der Waals surface area contributed by atoms with E-state index in [2.05, 4.69) is 66.7 Å². The summed E-state index contributed by atoms with van der Waals surface area (Å²) in [5, 5.41) is 2.44. The van der Waals surface area contributed by atoms with Crippen molar-refractivity contribution in [2.24, 2.45) is 0 Å². The van der Waals surface area contributed by atoms with Gasteiger partial charge in [0.1, 0.15) is 0 Å². The summed E-state index contributed by atoms with van der Waals surface area (Å²) in [4.78, 5) is 0. The molecule has 1 aromatic heterocycles. The molecule has 4 rings (SSSR count). The largest absolute Gasteiger partial charge is 0.339 e. The van der Waals surface area contributed by atoms with Crippen LogP contribution in [0.3, 0.4) is 0 Å². The van der Waals surface area contributed by atoms with Gasteiger partial charge in [-0.2, -0.15) is 0 Å². The lowest BCUT2D eigenvalue weighted by Crippen LogP contribution is -2.11. The van der Waals surface area contributed by atoms with Crippen LogP contribution < -0.4 is 5.84 Å². The summed E-state index contributed by atoms with van der Waals surface area (Å²) in [6.07, 6.45) is 0. The Morgan fingerprint density at radius 3 is 2.14 bits per heavy atom. The maximum absolute atomic E-state index is 6.38. The van der Waals surface area contributed by atoms with Crippen LogP contribution in [0.2, 0.25) is 0 Å². The Kier molecular flexibility index (Phi) is 2.94. The minimum absolute atomic E-state index is 1.02. The zero-order chi connectivity index (χ0) is 14.9. The lowest BCUT2D eigenvalue weighted by Gasteiger charge is -2.10. The fraction of sp³-hybridized carbons (Fsp3) is 0. The van der Waals surface area contributed by atoms with E-state index in [0.29, 0.717) is 0 Å². The quantitative estimate of drug-likeness (QED) is 0.532. The summed E-state index contributed by atoms with van der Waals surface area (Å²) in [6.45, 7) is 0. The summed E-state index contributed by atoms with van der Waals surface area (Å²) in [5.74, 6) is 6.38. The first-order chi connectivity index (χ1) is 10.8. The molecule has 4 aromatic rings. The Morgan fingerprint density at radius 1 is 0.591 bits per heavy atom. The number of fused-ring (bicyclic) bond motifs is 1. The summed E-state index contributed by atoms with van der Waals surface area (Å²) < 4.78 is 1.77. The van der Waals surface area contributed by atoms with Gasteiger partial charge in [-0.1, -0.05) is 72.8 Å². The molecule has 0 aliphatic carbocycles. The van der Waals surface area contributed by atoms with Gasteiger partial charge in [0, 0.05) is 11.1 Å². The number of rotatable bonds is 2. The monoisotopic (exact) mass is 284 g/mol.